The molecule has 1 amide bonds. The lowest BCUT2D eigenvalue weighted by Gasteiger charge is -2.35. The predicted octanol–water partition coefficient (Wildman–Crippen LogP) is 2.11. The number of nitrogens with zero attached hydrogens (tertiary/aromatic N) is 3. The van der Waals surface area contributed by atoms with E-state index in [-0.39, 0.29) is 10.8 Å². The summed E-state index contributed by atoms with van der Waals surface area (Å²) in [7, 11) is -0.427. The van der Waals surface area contributed by atoms with Gasteiger partial charge < -0.3 is 9.80 Å². The van der Waals surface area contributed by atoms with Gasteiger partial charge in [-0.15, -0.1) is 11.8 Å². The van der Waals surface area contributed by atoms with Gasteiger partial charge in [-0.25, -0.2) is 12.7 Å². The van der Waals surface area contributed by atoms with Crippen LogP contribution in [0, 0.1) is 5.92 Å². The molecule has 0 radical (unpaired) electrons. The Labute approximate surface area is 160 Å². The number of amides is 1. The molecule has 2 aliphatic rings. The molecule has 144 valence electrons. The van der Waals surface area contributed by atoms with Gasteiger partial charge in [0.15, 0.2) is 0 Å². The van der Waals surface area contributed by atoms with Crippen LogP contribution < -0.4 is 4.90 Å². The summed E-state index contributed by atoms with van der Waals surface area (Å²) in [5.74, 6) is 1.72. The Morgan fingerprint density at radius 2 is 1.92 bits per heavy atom. The van der Waals surface area contributed by atoms with E-state index < -0.39 is 10.0 Å². The molecule has 1 saturated heterocycles. The maximum atomic E-state index is 12.7. The summed E-state index contributed by atoms with van der Waals surface area (Å²) < 4.78 is 26.1. The van der Waals surface area contributed by atoms with Gasteiger partial charge in [0.25, 0.3) is 0 Å². The molecule has 0 aromatic heterocycles. The van der Waals surface area contributed by atoms with Gasteiger partial charge in [0.05, 0.1) is 17.1 Å². The molecule has 6 nitrogen and oxygen atoms in total. The average Bonchev–Trinajstić information content (AvgIpc) is 2.62. The largest absolute Gasteiger partial charge is 0.360 e. The van der Waals surface area contributed by atoms with Crippen LogP contribution in [0.15, 0.2) is 28.0 Å². The second-order valence-electron chi connectivity index (χ2n) is 7.25. The highest BCUT2D eigenvalue weighted by Crippen LogP contribution is 2.36. The third-order valence-electron chi connectivity index (χ3n) is 5.13. The average molecular weight is 398 g/mol. The van der Waals surface area contributed by atoms with Gasteiger partial charge in [-0.3, -0.25) is 4.79 Å². The highest BCUT2D eigenvalue weighted by atomic mass is 32.2. The zero-order valence-electron chi connectivity index (χ0n) is 15.6. The van der Waals surface area contributed by atoms with Crippen molar-refractivity contribution in [3.05, 3.63) is 18.2 Å². The number of piperidine rings is 1. The second kappa shape index (κ2) is 7.78. The number of hydrogen-bond donors (Lipinski definition) is 0. The first-order valence-electron chi connectivity index (χ1n) is 9.01. The van der Waals surface area contributed by atoms with Crippen LogP contribution in [0.1, 0.15) is 19.8 Å². The fraction of sp³-hybridized carbons (Fsp3) is 0.611. The third kappa shape index (κ3) is 4.02. The molecule has 0 saturated carbocycles. The summed E-state index contributed by atoms with van der Waals surface area (Å²) in [4.78, 5) is 18.0. The Hall–Kier alpha value is -1.25. The minimum Gasteiger partial charge on any atom is -0.360 e. The van der Waals surface area contributed by atoms with E-state index in [1.165, 1.54) is 18.4 Å². The fourth-order valence-electron chi connectivity index (χ4n) is 3.31. The molecule has 0 spiro atoms. The van der Waals surface area contributed by atoms with Crippen molar-refractivity contribution in [3.8, 4) is 0 Å². The van der Waals surface area contributed by atoms with Crippen molar-refractivity contribution in [2.75, 3.05) is 50.9 Å². The summed E-state index contributed by atoms with van der Waals surface area (Å²) >= 11 is 1.71. The Kier molecular flexibility index (Phi) is 5.84. The molecule has 2 heterocycles. The van der Waals surface area contributed by atoms with Crippen molar-refractivity contribution in [2.24, 2.45) is 5.92 Å². The highest BCUT2D eigenvalue weighted by Gasteiger charge is 2.27. The number of sulfonamides is 1. The Morgan fingerprint density at radius 1 is 1.23 bits per heavy atom. The fourth-order valence-corrected chi connectivity index (χ4v) is 5.26. The van der Waals surface area contributed by atoms with Gasteiger partial charge in [0.1, 0.15) is 0 Å². The van der Waals surface area contributed by atoms with Crippen LogP contribution in [0.25, 0.3) is 0 Å². The topological polar surface area (TPSA) is 60.9 Å². The summed E-state index contributed by atoms with van der Waals surface area (Å²) in [5.41, 5.74) is 0.850. The van der Waals surface area contributed by atoms with E-state index in [9.17, 15) is 13.2 Å². The van der Waals surface area contributed by atoms with Crippen molar-refractivity contribution in [1.82, 2.24) is 9.21 Å². The molecular formula is C18H27N3O3S2. The molecule has 8 heteroatoms. The second-order valence-corrected chi connectivity index (χ2v) is 10.5. The number of carbonyl (C=O) groups excluding carboxylic acids is 1. The highest BCUT2D eigenvalue weighted by molar-refractivity contribution is 7.99. The third-order valence-corrected chi connectivity index (χ3v) is 7.98. The summed E-state index contributed by atoms with van der Waals surface area (Å²) in [6.45, 7) is 4.94. The van der Waals surface area contributed by atoms with Crippen LogP contribution >= 0.6 is 11.8 Å². The van der Waals surface area contributed by atoms with Gasteiger partial charge in [0.2, 0.25) is 15.9 Å². The van der Waals surface area contributed by atoms with E-state index in [1.54, 1.807) is 23.9 Å². The quantitative estimate of drug-likeness (QED) is 0.779. The van der Waals surface area contributed by atoms with E-state index in [2.05, 4.69) is 6.92 Å². The number of hydrogen-bond acceptors (Lipinski definition) is 5. The Balaban J connectivity index is 1.80. The number of thioether (sulfide) groups is 1. The van der Waals surface area contributed by atoms with Crippen LogP contribution in [-0.2, 0) is 14.8 Å². The van der Waals surface area contributed by atoms with Gasteiger partial charge >= 0.3 is 0 Å². The van der Waals surface area contributed by atoms with Crippen molar-refractivity contribution in [3.63, 3.8) is 0 Å². The predicted molar refractivity (Wildman–Crippen MR) is 105 cm³/mol. The van der Waals surface area contributed by atoms with Gasteiger partial charge in [-0.2, -0.15) is 0 Å². The molecule has 1 aromatic rings. The minimum atomic E-state index is -3.49. The van der Waals surface area contributed by atoms with Crippen LogP contribution in [0.2, 0.25) is 0 Å². The van der Waals surface area contributed by atoms with Crippen molar-refractivity contribution >= 4 is 33.4 Å². The van der Waals surface area contributed by atoms with Gasteiger partial charge in [0, 0.05) is 44.4 Å². The van der Waals surface area contributed by atoms with E-state index in [0.29, 0.717) is 12.5 Å². The lowest BCUT2D eigenvalue weighted by Crippen LogP contribution is -2.45. The standard InChI is InChI=1S/C18H27N3O3S2/c1-14-6-8-20(9-7-14)18(22)13-21-10-11-25-17-5-4-15(12-16(17)21)26(23,24)19(2)3/h4-5,12,14H,6-11,13H2,1-3H3. The normalized spacial score (nSPS) is 18.9. The molecule has 1 fully saturated rings. The lowest BCUT2D eigenvalue weighted by molar-refractivity contribution is -0.131. The van der Waals surface area contributed by atoms with Crippen LogP contribution in [-0.4, -0.2) is 69.6 Å². The maximum Gasteiger partial charge on any atom is 0.242 e. The molecule has 3 rings (SSSR count). The maximum absolute atomic E-state index is 12.7. The first-order chi connectivity index (χ1) is 12.3. The van der Waals surface area contributed by atoms with E-state index >= 15 is 0 Å². The van der Waals surface area contributed by atoms with Gasteiger partial charge in [-0.1, -0.05) is 6.92 Å². The van der Waals surface area contributed by atoms with E-state index in [4.69, 9.17) is 0 Å². The molecule has 0 N–H and O–H groups in total. The van der Waals surface area contributed by atoms with Crippen LogP contribution in [0.4, 0.5) is 5.69 Å². The smallest absolute Gasteiger partial charge is 0.242 e. The molecule has 0 aliphatic carbocycles. The molecule has 0 atom stereocenters. The van der Waals surface area contributed by atoms with Crippen LogP contribution in [0.5, 0.6) is 0 Å². The van der Waals surface area contributed by atoms with Gasteiger partial charge in [-0.05, 0) is 37.0 Å². The molecule has 0 bridgehead atoms. The molecule has 2 aliphatic heterocycles. The zero-order valence-corrected chi connectivity index (χ0v) is 17.3. The summed E-state index contributed by atoms with van der Waals surface area (Å²) in [6, 6.07) is 5.22. The molecule has 1 aromatic carbocycles. The monoisotopic (exact) mass is 397 g/mol. The Morgan fingerprint density at radius 3 is 2.58 bits per heavy atom. The number of carbonyl (C=O) groups is 1. The molecule has 26 heavy (non-hydrogen) atoms. The van der Waals surface area contributed by atoms with E-state index in [0.717, 1.165) is 48.8 Å². The Bertz CT molecular complexity index is 772. The van der Waals surface area contributed by atoms with Crippen molar-refractivity contribution in [1.29, 1.82) is 0 Å². The number of fused-ring (bicyclic) bond motifs is 1. The summed E-state index contributed by atoms with van der Waals surface area (Å²) in [6.07, 6.45) is 2.12. The number of benzene rings is 1. The summed E-state index contributed by atoms with van der Waals surface area (Å²) in [5, 5.41) is 0. The van der Waals surface area contributed by atoms with Crippen molar-refractivity contribution in [2.45, 2.75) is 29.6 Å². The minimum absolute atomic E-state index is 0.135. The zero-order chi connectivity index (χ0) is 18.9. The number of anilines is 1. The SMILES string of the molecule is CC1CCN(C(=O)CN2CCSc3ccc(S(=O)(=O)N(C)C)cc32)CC1. The molecular weight excluding hydrogens is 370 g/mol. The first-order valence-corrected chi connectivity index (χ1v) is 11.4. The lowest BCUT2D eigenvalue weighted by atomic mass is 9.99. The van der Waals surface area contributed by atoms with Crippen LogP contribution in [0.3, 0.4) is 0 Å². The first kappa shape index (κ1) is 19.5. The van der Waals surface area contributed by atoms with Crippen molar-refractivity contribution < 1.29 is 13.2 Å². The number of rotatable bonds is 4. The molecule has 0 unspecified atom stereocenters. The number of likely N-dealkylation sites (tertiary alicyclic amines) is 1. The van der Waals surface area contributed by atoms with E-state index in [1.807, 2.05) is 15.9 Å².